The molecule has 4 unspecified atom stereocenters. The Morgan fingerprint density at radius 1 is 1.14 bits per heavy atom. The van der Waals surface area contributed by atoms with E-state index in [0.29, 0.717) is 30.1 Å². The summed E-state index contributed by atoms with van der Waals surface area (Å²) in [5.41, 5.74) is 1.14. The van der Waals surface area contributed by atoms with Crippen LogP contribution in [0, 0.1) is 24.7 Å². The second kappa shape index (κ2) is 7.79. The van der Waals surface area contributed by atoms with Crippen LogP contribution in [-0.4, -0.2) is 37.8 Å². The second-order valence-electron chi connectivity index (χ2n) is 9.05. The molecule has 1 amide bonds. The van der Waals surface area contributed by atoms with Crippen molar-refractivity contribution in [2.24, 2.45) is 17.8 Å². The number of hydrogen-bond donors (Lipinski definition) is 1. The fourth-order valence-corrected chi connectivity index (χ4v) is 7.33. The van der Waals surface area contributed by atoms with Gasteiger partial charge in [-0.3, -0.25) is 4.79 Å². The van der Waals surface area contributed by atoms with Crippen molar-refractivity contribution >= 4 is 15.9 Å². The molecule has 28 heavy (non-hydrogen) atoms. The van der Waals surface area contributed by atoms with E-state index in [9.17, 15) is 13.2 Å². The van der Waals surface area contributed by atoms with Gasteiger partial charge in [-0.15, -0.1) is 0 Å². The van der Waals surface area contributed by atoms with Crippen molar-refractivity contribution in [2.75, 3.05) is 13.1 Å². The van der Waals surface area contributed by atoms with Gasteiger partial charge in [0.25, 0.3) is 5.91 Å². The van der Waals surface area contributed by atoms with E-state index in [-0.39, 0.29) is 16.8 Å². The quantitative estimate of drug-likeness (QED) is 0.813. The number of sulfonamides is 1. The number of aryl methyl sites for hydroxylation is 1. The third-order valence-electron chi connectivity index (χ3n) is 7.18. The minimum atomic E-state index is -3.55. The second-order valence-corrected chi connectivity index (χ2v) is 11.0. The first kappa shape index (κ1) is 19.9. The lowest BCUT2D eigenvalue weighted by Gasteiger charge is -2.29. The summed E-state index contributed by atoms with van der Waals surface area (Å²) in [6.45, 7) is 5.04. The van der Waals surface area contributed by atoms with Gasteiger partial charge in [0.1, 0.15) is 0 Å². The molecule has 1 aliphatic heterocycles. The molecule has 0 aromatic heterocycles. The number of amides is 1. The molecule has 1 aromatic carbocycles. The molecule has 4 rings (SSSR count). The van der Waals surface area contributed by atoms with Crippen LogP contribution in [0.15, 0.2) is 23.1 Å². The predicted molar refractivity (Wildman–Crippen MR) is 110 cm³/mol. The fourth-order valence-electron chi connectivity index (χ4n) is 5.57. The van der Waals surface area contributed by atoms with Crippen LogP contribution in [0.5, 0.6) is 0 Å². The fraction of sp³-hybridized carbons (Fsp3) is 0.682. The van der Waals surface area contributed by atoms with E-state index in [1.165, 1.54) is 25.7 Å². The lowest BCUT2D eigenvalue weighted by Crippen LogP contribution is -2.40. The highest BCUT2D eigenvalue weighted by molar-refractivity contribution is 7.89. The Morgan fingerprint density at radius 2 is 1.89 bits per heavy atom. The van der Waals surface area contributed by atoms with Gasteiger partial charge in [0, 0.05) is 24.7 Å². The highest BCUT2D eigenvalue weighted by Gasteiger charge is 2.42. The van der Waals surface area contributed by atoms with Gasteiger partial charge < -0.3 is 5.32 Å². The maximum absolute atomic E-state index is 13.1. The maximum atomic E-state index is 13.1. The summed E-state index contributed by atoms with van der Waals surface area (Å²) in [5, 5.41) is 3.15. The van der Waals surface area contributed by atoms with Crippen LogP contribution in [0.25, 0.3) is 0 Å². The van der Waals surface area contributed by atoms with Crippen LogP contribution in [0.4, 0.5) is 0 Å². The number of carbonyl (C=O) groups is 1. The average molecular weight is 405 g/mol. The Hall–Kier alpha value is -1.40. The molecule has 5 nitrogen and oxygen atoms in total. The van der Waals surface area contributed by atoms with Gasteiger partial charge in [0.05, 0.1) is 4.90 Å². The van der Waals surface area contributed by atoms with Crippen LogP contribution in [0.3, 0.4) is 0 Å². The molecule has 1 heterocycles. The number of rotatable bonds is 5. The number of benzene rings is 1. The molecule has 2 bridgehead atoms. The Bertz CT molecular complexity index is 845. The molecule has 1 aromatic rings. The van der Waals surface area contributed by atoms with E-state index < -0.39 is 10.0 Å². The van der Waals surface area contributed by atoms with Crippen molar-refractivity contribution in [2.45, 2.75) is 69.7 Å². The van der Waals surface area contributed by atoms with Crippen LogP contribution >= 0.6 is 0 Å². The molecule has 6 heteroatoms. The van der Waals surface area contributed by atoms with Crippen LogP contribution in [0.1, 0.15) is 67.8 Å². The van der Waals surface area contributed by atoms with Gasteiger partial charge in [-0.05, 0) is 81.4 Å². The van der Waals surface area contributed by atoms with Crippen molar-refractivity contribution in [3.63, 3.8) is 0 Å². The third-order valence-corrected chi connectivity index (χ3v) is 9.22. The number of hydrogen-bond acceptors (Lipinski definition) is 3. The molecule has 3 aliphatic rings. The molecule has 1 saturated heterocycles. The van der Waals surface area contributed by atoms with E-state index in [4.69, 9.17) is 0 Å². The molecule has 1 N–H and O–H groups in total. The van der Waals surface area contributed by atoms with E-state index >= 15 is 0 Å². The zero-order valence-corrected chi connectivity index (χ0v) is 17.8. The number of fused-ring (bicyclic) bond motifs is 2. The molecule has 0 spiro atoms. The van der Waals surface area contributed by atoms with E-state index in [0.717, 1.165) is 31.1 Å². The molecule has 4 atom stereocenters. The normalized spacial score (nSPS) is 29.0. The summed E-state index contributed by atoms with van der Waals surface area (Å²) in [4.78, 5) is 13.1. The van der Waals surface area contributed by atoms with Crippen LogP contribution in [0.2, 0.25) is 0 Å². The largest absolute Gasteiger partial charge is 0.349 e. The summed E-state index contributed by atoms with van der Waals surface area (Å²) in [6, 6.07) is 5.20. The van der Waals surface area contributed by atoms with Gasteiger partial charge in [0.2, 0.25) is 10.0 Å². The SMILES string of the molecule is Cc1ccc(C(=O)NC(C)C2CC3CCC2C3)cc1S(=O)(=O)N1CCCCC1. The number of nitrogens with zero attached hydrogens (tertiary/aromatic N) is 1. The Morgan fingerprint density at radius 3 is 2.54 bits per heavy atom. The van der Waals surface area contributed by atoms with Gasteiger partial charge in [-0.25, -0.2) is 8.42 Å². The lowest BCUT2D eigenvalue weighted by atomic mass is 9.84. The Balaban J connectivity index is 1.50. The van der Waals surface area contributed by atoms with Crippen molar-refractivity contribution in [3.8, 4) is 0 Å². The van der Waals surface area contributed by atoms with Gasteiger partial charge in [-0.2, -0.15) is 4.31 Å². The molecular weight excluding hydrogens is 372 g/mol. The summed E-state index contributed by atoms with van der Waals surface area (Å²) in [7, 11) is -3.55. The molecule has 3 fully saturated rings. The van der Waals surface area contributed by atoms with Crippen molar-refractivity contribution in [3.05, 3.63) is 29.3 Å². The summed E-state index contributed by atoms with van der Waals surface area (Å²) >= 11 is 0. The molecular formula is C22H32N2O3S. The summed E-state index contributed by atoms with van der Waals surface area (Å²) in [6.07, 6.45) is 8.05. The highest BCUT2D eigenvalue weighted by Crippen LogP contribution is 2.49. The monoisotopic (exact) mass is 404 g/mol. The van der Waals surface area contributed by atoms with E-state index in [1.807, 2.05) is 0 Å². The van der Waals surface area contributed by atoms with E-state index in [1.54, 1.807) is 29.4 Å². The van der Waals surface area contributed by atoms with Crippen LogP contribution < -0.4 is 5.32 Å². The number of carbonyl (C=O) groups excluding carboxylic acids is 1. The smallest absolute Gasteiger partial charge is 0.251 e. The lowest BCUT2D eigenvalue weighted by molar-refractivity contribution is 0.0915. The maximum Gasteiger partial charge on any atom is 0.251 e. The molecule has 0 radical (unpaired) electrons. The minimum Gasteiger partial charge on any atom is -0.349 e. The average Bonchev–Trinajstić information content (AvgIpc) is 3.32. The summed E-state index contributed by atoms with van der Waals surface area (Å²) < 4.78 is 27.8. The summed E-state index contributed by atoms with van der Waals surface area (Å²) in [5.74, 6) is 1.98. The molecule has 2 aliphatic carbocycles. The van der Waals surface area contributed by atoms with Gasteiger partial charge in [0.15, 0.2) is 0 Å². The first-order chi connectivity index (χ1) is 13.4. The Labute approximate surface area is 168 Å². The standard InChI is InChI=1S/C22H32N2O3S/c1-15-6-8-19(14-21(15)28(26,27)24-10-4-3-5-11-24)22(25)23-16(2)20-13-17-7-9-18(20)12-17/h6,8,14,16-18,20H,3-5,7,9-13H2,1-2H3,(H,23,25). The number of piperidine rings is 1. The third kappa shape index (κ3) is 3.73. The van der Waals surface area contributed by atoms with Gasteiger partial charge >= 0.3 is 0 Å². The topological polar surface area (TPSA) is 66.5 Å². The van der Waals surface area contributed by atoms with E-state index in [2.05, 4.69) is 12.2 Å². The number of nitrogens with one attached hydrogen (secondary N) is 1. The zero-order chi connectivity index (χ0) is 19.9. The van der Waals surface area contributed by atoms with Crippen molar-refractivity contribution < 1.29 is 13.2 Å². The minimum absolute atomic E-state index is 0.131. The zero-order valence-electron chi connectivity index (χ0n) is 17.0. The highest BCUT2D eigenvalue weighted by atomic mass is 32.2. The molecule has 154 valence electrons. The van der Waals surface area contributed by atoms with Crippen molar-refractivity contribution in [1.82, 2.24) is 9.62 Å². The predicted octanol–water partition coefficient (Wildman–Crippen LogP) is 3.72. The first-order valence-electron chi connectivity index (χ1n) is 10.8. The van der Waals surface area contributed by atoms with Gasteiger partial charge in [-0.1, -0.05) is 18.9 Å². The van der Waals surface area contributed by atoms with Crippen molar-refractivity contribution in [1.29, 1.82) is 0 Å². The Kier molecular flexibility index (Phi) is 5.53. The van der Waals surface area contributed by atoms with Crippen LogP contribution in [-0.2, 0) is 10.0 Å². The molecule has 2 saturated carbocycles. The first-order valence-corrected chi connectivity index (χ1v) is 12.2.